The minimum absolute atomic E-state index is 0.148. The van der Waals surface area contributed by atoms with E-state index in [1.54, 1.807) is 42.1 Å². The number of carbonyl (C=O) groups excluding carboxylic acids is 1. The van der Waals surface area contributed by atoms with Crippen LogP contribution in [0.1, 0.15) is 12.0 Å². The smallest absolute Gasteiger partial charge is 0.241 e. The molecule has 1 atom stereocenters. The van der Waals surface area contributed by atoms with Gasteiger partial charge in [-0.2, -0.15) is 16.5 Å². The maximum absolute atomic E-state index is 13.0. The first-order valence-electron chi connectivity index (χ1n) is 9.91. The number of halogens is 1. The maximum atomic E-state index is 13.0. The van der Waals surface area contributed by atoms with E-state index in [-0.39, 0.29) is 10.8 Å². The molecule has 0 fully saturated rings. The van der Waals surface area contributed by atoms with Gasteiger partial charge in [0, 0.05) is 11.6 Å². The van der Waals surface area contributed by atoms with Crippen LogP contribution in [0.25, 0.3) is 10.8 Å². The summed E-state index contributed by atoms with van der Waals surface area (Å²) in [5.74, 6) is 0.336. The zero-order valence-electron chi connectivity index (χ0n) is 17.2. The third-order valence-electron chi connectivity index (χ3n) is 4.88. The second-order valence-corrected chi connectivity index (χ2v) is 10.3. The van der Waals surface area contributed by atoms with Gasteiger partial charge in [-0.1, -0.05) is 54.1 Å². The van der Waals surface area contributed by atoms with Crippen molar-refractivity contribution in [2.24, 2.45) is 0 Å². The monoisotopic (exact) mass is 476 g/mol. The average molecular weight is 477 g/mol. The second-order valence-electron chi connectivity index (χ2n) is 7.13. The number of thioether (sulfide) groups is 1. The van der Waals surface area contributed by atoms with Crippen LogP contribution in [0.15, 0.2) is 71.6 Å². The molecule has 0 aliphatic heterocycles. The summed E-state index contributed by atoms with van der Waals surface area (Å²) in [4.78, 5) is 12.9. The molecule has 0 saturated heterocycles. The van der Waals surface area contributed by atoms with Gasteiger partial charge in [0.15, 0.2) is 0 Å². The number of fused-ring (bicyclic) bond motifs is 1. The van der Waals surface area contributed by atoms with Crippen molar-refractivity contribution in [3.63, 3.8) is 0 Å². The molecule has 2 N–H and O–H groups in total. The first-order valence-corrected chi connectivity index (χ1v) is 13.2. The Morgan fingerprint density at radius 1 is 1.03 bits per heavy atom. The molecule has 0 bridgehead atoms. The number of hydrogen-bond acceptors (Lipinski definition) is 4. The van der Waals surface area contributed by atoms with Gasteiger partial charge >= 0.3 is 0 Å². The molecule has 3 aromatic carbocycles. The van der Waals surface area contributed by atoms with Gasteiger partial charge in [-0.3, -0.25) is 4.79 Å². The lowest BCUT2D eigenvalue weighted by Crippen LogP contribution is -2.47. The predicted octanol–water partition coefficient (Wildman–Crippen LogP) is 4.25. The van der Waals surface area contributed by atoms with Crippen molar-refractivity contribution in [2.75, 3.05) is 18.6 Å². The van der Waals surface area contributed by atoms with Gasteiger partial charge in [-0.25, -0.2) is 8.42 Å². The highest BCUT2D eigenvalue weighted by molar-refractivity contribution is 7.98. The number of carbonyl (C=O) groups is 1. The third kappa shape index (κ3) is 6.71. The van der Waals surface area contributed by atoms with Crippen LogP contribution in [0.2, 0.25) is 5.02 Å². The van der Waals surface area contributed by atoms with Crippen LogP contribution in [-0.4, -0.2) is 38.9 Å². The van der Waals surface area contributed by atoms with Crippen molar-refractivity contribution >= 4 is 50.1 Å². The van der Waals surface area contributed by atoms with Crippen molar-refractivity contribution in [1.82, 2.24) is 10.0 Å². The van der Waals surface area contributed by atoms with Crippen molar-refractivity contribution in [3.05, 3.63) is 77.3 Å². The summed E-state index contributed by atoms with van der Waals surface area (Å²) in [5, 5.41) is 5.30. The van der Waals surface area contributed by atoms with Crippen molar-refractivity contribution in [3.8, 4) is 0 Å². The Kier molecular flexibility index (Phi) is 8.37. The van der Waals surface area contributed by atoms with E-state index >= 15 is 0 Å². The largest absolute Gasteiger partial charge is 0.354 e. The first kappa shape index (κ1) is 23.6. The lowest BCUT2D eigenvalue weighted by Gasteiger charge is -2.18. The molecular formula is C23H25ClN2O3S2. The fourth-order valence-electron chi connectivity index (χ4n) is 3.17. The molecule has 0 aliphatic rings. The van der Waals surface area contributed by atoms with Crippen LogP contribution in [0, 0.1) is 0 Å². The zero-order valence-corrected chi connectivity index (χ0v) is 19.6. The molecule has 3 rings (SSSR count). The second kappa shape index (κ2) is 11.0. The van der Waals surface area contributed by atoms with Crippen molar-refractivity contribution in [2.45, 2.75) is 23.8 Å². The highest BCUT2D eigenvalue weighted by atomic mass is 35.5. The maximum Gasteiger partial charge on any atom is 0.241 e. The summed E-state index contributed by atoms with van der Waals surface area (Å²) in [6, 6.07) is 19.1. The molecule has 0 radical (unpaired) electrons. The van der Waals surface area contributed by atoms with Crippen LogP contribution in [-0.2, 0) is 21.2 Å². The van der Waals surface area contributed by atoms with Gasteiger partial charge in [-0.15, -0.1) is 0 Å². The molecule has 0 spiro atoms. The fraction of sp³-hybridized carbons (Fsp3) is 0.261. The molecule has 0 saturated carbocycles. The minimum atomic E-state index is -3.84. The summed E-state index contributed by atoms with van der Waals surface area (Å²) < 4.78 is 28.5. The molecule has 5 nitrogen and oxygen atoms in total. The van der Waals surface area contributed by atoms with E-state index in [0.29, 0.717) is 30.2 Å². The Morgan fingerprint density at radius 2 is 1.74 bits per heavy atom. The average Bonchev–Trinajstić information content (AvgIpc) is 2.77. The Bertz CT molecular complexity index is 1140. The summed E-state index contributed by atoms with van der Waals surface area (Å²) in [6.07, 6.45) is 2.96. The normalized spacial score (nSPS) is 12.6. The van der Waals surface area contributed by atoms with Crippen molar-refractivity contribution < 1.29 is 13.2 Å². The topological polar surface area (TPSA) is 75.3 Å². The Balaban J connectivity index is 1.68. The quantitative estimate of drug-likeness (QED) is 0.458. The van der Waals surface area contributed by atoms with E-state index in [2.05, 4.69) is 10.0 Å². The fourth-order valence-corrected chi connectivity index (χ4v) is 5.04. The number of hydrogen-bond donors (Lipinski definition) is 2. The highest BCUT2D eigenvalue weighted by Crippen LogP contribution is 2.19. The van der Waals surface area contributed by atoms with Gasteiger partial charge in [-0.05, 0) is 65.5 Å². The third-order valence-corrected chi connectivity index (χ3v) is 7.25. The Hall–Kier alpha value is -2.06. The Morgan fingerprint density at radius 3 is 2.45 bits per heavy atom. The van der Waals surface area contributed by atoms with E-state index in [4.69, 9.17) is 11.6 Å². The van der Waals surface area contributed by atoms with Gasteiger partial charge in [0.2, 0.25) is 15.9 Å². The molecule has 164 valence electrons. The van der Waals surface area contributed by atoms with Crippen molar-refractivity contribution in [1.29, 1.82) is 0 Å². The van der Waals surface area contributed by atoms with Crippen LogP contribution in [0.5, 0.6) is 0 Å². The lowest BCUT2D eigenvalue weighted by molar-refractivity contribution is -0.122. The van der Waals surface area contributed by atoms with E-state index in [1.165, 1.54) is 0 Å². The molecular weight excluding hydrogens is 452 g/mol. The molecule has 0 aromatic heterocycles. The number of nitrogens with one attached hydrogen (secondary N) is 2. The van der Waals surface area contributed by atoms with Gasteiger partial charge < -0.3 is 5.32 Å². The molecule has 1 amide bonds. The SMILES string of the molecule is CSCCC(NS(=O)(=O)c1ccc2ccccc2c1)C(=O)NCCc1ccc(Cl)cc1. The predicted molar refractivity (Wildman–Crippen MR) is 129 cm³/mol. The number of rotatable bonds is 10. The minimum Gasteiger partial charge on any atom is -0.354 e. The molecule has 31 heavy (non-hydrogen) atoms. The Labute approximate surface area is 192 Å². The lowest BCUT2D eigenvalue weighted by atomic mass is 10.1. The number of sulfonamides is 1. The molecule has 3 aromatic rings. The number of amides is 1. The molecule has 0 heterocycles. The van der Waals surface area contributed by atoms with Crippen LogP contribution in [0.4, 0.5) is 0 Å². The van der Waals surface area contributed by atoms with E-state index in [0.717, 1.165) is 16.3 Å². The first-order chi connectivity index (χ1) is 14.9. The molecule has 8 heteroatoms. The van der Waals surface area contributed by atoms with Crippen LogP contribution < -0.4 is 10.0 Å². The summed E-state index contributed by atoms with van der Waals surface area (Å²) in [5.41, 5.74) is 1.04. The van der Waals surface area contributed by atoms with E-state index in [9.17, 15) is 13.2 Å². The number of benzene rings is 3. The highest BCUT2D eigenvalue weighted by Gasteiger charge is 2.25. The summed E-state index contributed by atoms with van der Waals surface area (Å²) in [7, 11) is -3.84. The summed E-state index contributed by atoms with van der Waals surface area (Å²) >= 11 is 7.46. The van der Waals surface area contributed by atoms with Gasteiger partial charge in [0.25, 0.3) is 0 Å². The standard InChI is InChI=1S/C23H25ClN2O3S2/c1-30-15-13-22(23(27)25-14-12-17-6-9-20(24)10-7-17)26-31(28,29)21-11-8-18-4-2-3-5-19(18)16-21/h2-11,16,22,26H,12-15H2,1H3,(H,25,27). The molecule has 1 unspecified atom stereocenters. The van der Waals surface area contributed by atoms with E-state index < -0.39 is 16.1 Å². The van der Waals surface area contributed by atoms with E-state index in [1.807, 2.05) is 42.7 Å². The van der Waals surface area contributed by atoms with Gasteiger partial charge in [0.1, 0.15) is 6.04 Å². The molecule has 0 aliphatic carbocycles. The zero-order chi connectivity index (χ0) is 22.3. The van der Waals surface area contributed by atoms with Crippen LogP contribution in [0.3, 0.4) is 0 Å². The summed E-state index contributed by atoms with van der Waals surface area (Å²) in [6.45, 7) is 0.411. The van der Waals surface area contributed by atoms with Gasteiger partial charge in [0.05, 0.1) is 4.90 Å². The van der Waals surface area contributed by atoms with Crippen LogP contribution >= 0.6 is 23.4 Å².